The molecule has 1 N–H and O–H groups in total. The van der Waals surface area contributed by atoms with Crippen LogP contribution in [0.5, 0.6) is 0 Å². The van der Waals surface area contributed by atoms with Crippen LogP contribution >= 0.6 is 34.3 Å². The van der Waals surface area contributed by atoms with Gasteiger partial charge in [0.15, 0.2) is 0 Å². The van der Waals surface area contributed by atoms with Crippen LogP contribution in [-0.2, 0) is 22.6 Å². The molecule has 2 aromatic heterocycles. The third-order valence-electron chi connectivity index (χ3n) is 5.60. The molecule has 0 bridgehead atoms. The maximum Gasteiger partial charge on any atom is 0.248 e. The number of nitrogens with one attached hydrogen (secondary N) is 1. The normalized spacial score (nSPS) is 15.0. The lowest BCUT2D eigenvalue weighted by molar-refractivity contribution is -0.141. The first-order valence-electron chi connectivity index (χ1n) is 10.5. The zero-order valence-electron chi connectivity index (χ0n) is 17.1. The van der Waals surface area contributed by atoms with Crippen molar-refractivity contribution in [1.82, 2.24) is 10.2 Å². The van der Waals surface area contributed by atoms with Gasteiger partial charge in [0.25, 0.3) is 0 Å². The summed E-state index contributed by atoms with van der Waals surface area (Å²) in [7, 11) is 0. The van der Waals surface area contributed by atoms with Crippen LogP contribution in [0.1, 0.15) is 47.0 Å². The zero-order valence-corrected chi connectivity index (χ0v) is 19.5. The lowest BCUT2D eigenvalue weighted by Crippen LogP contribution is -2.46. The van der Waals surface area contributed by atoms with Crippen LogP contribution in [0, 0.1) is 0 Å². The number of amides is 2. The number of benzene rings is 1. The molecule has 2 heterocycles. The molecule has 4 nitrogen and oxygen atoms in total. The maximum absolute atomic E-state index is 13.5. The van der Waals surface area contributed by atoms with Gasteiger partial charge in [-0.1, -0.05) is 54.8 Å². The molecule has 162 valence electrons. The first kappa shape index (κ1) is 22.1. The Morgan fingerprint density at radius 3 is 2.45 bits per heavy atom. The fraction of sp³-hybridized carbons (Fsp3) is 0.333. The summed E-state index contributed by atoms with van der Waals surface area (Å²) in [5, 5.41) is 7.71. The third kappa shape index (κ3) is 5.56. The first-order chi connectivity index (χ1) is 15.1. The van der Waals surface area contributed by atoms with Crippen molar-refractivity contribution in [1.29, 1.82) is 0 Å². The predicted octanol–water partition coefficient (Wildman–Crippen LogP) is 5.83. The van der Waals surface area contributed by atoms with E-state index < -0.39 is 6.04 Å². The summed E-state index contributed by atoms with van der Waals surface area (Å²) in [6, 6.07) is 14.8. The van der Waals surface area contributed by atoms with Gasteiger partial charge in [-0.15, -0.1) is 22.7 Å². The zero-order chi connectivity index (χ0) is 21.6. The molecule has 31 heavy (non-hydrogen) atoms. The van der Waals surface area contributed by atoms with E-state index >= 15 is 0 Å². The van der Waals surface area contributed by atoms with Gasteiger partial charge in [-0.3, -0.25) is 9.59 Å². The molecule has 4 rings (SSSR count). The number of rotatable bonds is 8. The summed E-state index contributed by atoms with van der Waals surface area (Å²) in [5.74, 6) is -0.191. The number of hydrogen-bond acceptors (Lipinski definition) is 4. The molecule has 0 aliphatic heterocycles. The second kappa shape index (κ2) is 10.4. The Morgan fingerprint density at radius 1 is 1.03 bits per heavy atom. The predicted molar refractivity (Wildman–Crippen MR) is 127 cm³/mol. The second-order valence-corrected chi connectivity index (χ2v) is 10.2. The Morgan fingerprint density at radius 2 is 1.77 bits per heavy atom. The molecule has 1 aromatic carbocycles. The van der Waals surface area contributed by atoms with Gasteiger partial charge in [-0.2, -0.15) is 0 Å². The molecule has 1 fully saturated rings. The van der Waals surface area contributed by atoms with Crippen LogP contribution in [0.25, 0.3) is 0 Å². The maximum atomic E-state index is 13.5. The molecule has 1 aliphatic carbocycles. The van der Waals surface area contributed by atoms with E-state index in [4.69, 9.17) is 11.6 Å². The molecule has 1 saturated carbocycles. The molecule has 1 aliphatic rings. The molecular weight excluding hydrogens is 448 g/mol. The molecule has 1 unspecified atom stereocenters. The largest absolute Gasteiger partial charge is 0.351 e. The van der Waals surface area contributed by atoms with Crippen molar-refractivity contribution >= 4 is 46.1 Å². The number of halogens is 1. The van der Waals surface area contributed by atoms with E-state index in [1.54, 1.807) is 16.2 Å². The Balaban J connectivity index is 1.66. The SMILES string of the molecule is O=C(NC1CCCC1)C(c1cccs1)N(Cc1ccccc1Cl)C(=O)Cc1cccs1. The van der Waals surface area contributed by atoms with E-state index in [9.17, 15) is 9.59 Å². The van der Waals surface area contributed by atoms with Crippen LogP contribution in [0.4, 0.5) is 0 Å². The Bertz CT molecular complexity index is 999. The van der Waals surface area contributed by atoms with Crippen molar-refractivity contribution in [2.24, 2.45) is 0 Å². The minimum atomic E-state index is -0.677. The minimum absolute atomic E-state index is 0.0812. The highest BCUT2D eigenvalue weighted by Gasteiger charge is 2.34. The highest BCUT2D eigenvalue weighted by molar-refractivity contribution is 7.10. The summed E-state index contributed by atoms with van der Waals surface area (Å²) >= 11 is 9.48. The first-order valence-corrected chi connectivity index (χ1v) is 12.6. The molecule has 0 saturated heterocycles. The standard InChI is InChI=1S/C24H25ClN2O2S2/c25-20-11-4-1-7-17(20)16-27(22(28)15-19-10-5-13-30-19)23(21-12-6-14-31-21)24(29)26-18-8-2-3-9-18/h1,4-7,10-14,18,23H,2-3,8-9,15-16H2,(H,26,29). The Labute approximate surface area is 195 Å². The quantitative estimate of drug-likeness (QED) is 0.448. The van der Waals surface area contributed by atoms with Gasteiger partial charge in [0, 0.05) is 27.4 Å². The number of hydrogen-bond donors (Lipinski definition) is 1. The summed E-state index contributed by atoms with van der Waals surface area (Å²) in [6.07, 6.45) is 4.53. The minimum Gasteiger partial charge on any atom is -0.351 e. The molecule has 1 atom stereocenters. The van der Waals surface area contributed by atoms with Gasteiger partial charge in [0.05, 0.1) is 6.42 Å². The molecule has 0 spiro atoms. The van der Waals surface area contributed by atoms with Crippen molar-refractivity contribution in [3.05, 3.63) is 79.6 Å². The van der Waals surface area contributed by atoms with Crippen LogP contribution < -0.4 is 5.32 Å². The van der Waals surface area contributed by atoms with Crippen LogP contribution in [0.15, 0.2) is 59.3 Å². The highest BCUT2D eigenvalue weighted by atomic mass is 35.5. The average Bonchev–Trinajstić information content (AvgIpc) is 3.53. The van der Waals surface area contributed by atoms with Crippen LogP contribution in [0.3, 0.4) is 0 Å². The Kier molecular flexibility index (Phi) is 7.43. The lowest BCUT2D eigenvalue weighted by atomic mass is 10.1. The number of carbonyl (C=O) groups excluding carboxylic acids is 2. The van der Waals surface area contributed by atoms with Gasteiger partial charge >= 0.3 is 0 Å². The molecule has 3 aromatic rings. The van der Waals surface area contributed by atoms with E-state index in [0.717, 1.165) is 41.0 Å². The molecule has 0 radical (unpaired) electrons. The van der Waals surface area contributed by atoms with Crippen LogP contribution in [-0.4, -0.2) is 22.8 Å². The molecular formula is C24H25ClN2O2S2. The van der Waals surface area contributed by atoms with Gasteiger partial charge in [0.1, 0.15) is 6.04 Å². The highest BCUT2D eigenvalue weighted by Crippen LogP contribution is 2.31. The van der Waals surface area contributed by atoms with E-state index in [2.05, 4.69) is 5.32 Å². The summed E-state index contributed by atoms with van der Waals surface area (Å²) in [6.45, 7) is 0.282. The fourth-order valence-electron chi connectivity index (χ4n) is 4.02. The van der Waals surface area contributed by atoms with Crippen molar-refractivity contribution in [2.75, 3.05) is 0 Å². The second-order valence-electron chi connectivity index (χ2n) is 7.78. The van der Waals surface area contributed by atoms with Gasteiger partial charge < -0.3 is 10.2 Å². The van der Waals surface area contributed by atoms with Crippen molar-refractivity contribution in [3.63, 3.8) is 0 Å². The van der Waals surface area contributed by atoms with Gasteiger partial charge in [0.2, 0.25) is 11.8 Å². The van der Waals surface area contributed by atoms with Crippen molar-refractivity contribution < 1.29 is 9.59 Å². The lowest BCUT2D eigenvalue weighted by Gasteiger charge is -2.32. The topological polar surface area (TPSA) is 49.4 Å². The van der Waals surface area contributed by atoms with E-state index in [1.807, 2.05) is 59.3 Å². The number of carbonyl (C=O) groups is 2. The third-order valence-corrected chi connectivity index (χ3v) is 7.77. The summed E-state index contributed by atoms with van der Waals surface area (Å²) in [4.78, 5) is 30.5. The van der Waals surface area contributed by atoms with Gasteiger partial charge in [-0.05, 0) is 47.4 Å². The number of nitrogens with zero attached hydrogens (tertiary/aromatic N) is 1. The average molecular weight is 473 g/mol. The summed E-state index contributed by atoms with van der Waals surface area (Å²) in [5.41, 5.74) is 0.832. The monoisotopic (exact) mass is 472 g/mol. The molecule has 7 heteroatoms. The smallest absolute Gasteiger partial charge is 0.248 e. The van der Waals surface area contributed by atoms with Gasteiger partial charge in [-0.25, -0.2) is 0 Å². The summed E-state index contributed by atoms with van der Waals surface area (Å²) < 4.78 is 0. The van der Waals surface area contributed by atoms with E-state index in [-0.39, 0.29) is 30.8 Å². The Hall–Kier alpha value is -2.15. The number of thiophene rings is 2. The van der Waals surface area contributed by atoms with Crippen LogP contribution in [0.2, 0.25) is 5.02 Å². The van der Waals surface area contributed by atoms with Crippen molar-refractivity contribution in [2.45, 2.75) is 50.7 Å². The van der Waals surface area contributed by atoms with E-state index in [0.29, 0.717) is 5.02 Å². The molecule has 2 amide bonds. The fourth-order valence-corrected chi connectivity index (χ4v) is 5.74. The van der Waals surface area contributed by atoms with E-state index in [1.165, 1.54) is 11.3 Å². The van der Waals surface area contributed by atoms with Crippen molar-refractivity contribution in [3.8, 4) is 0 Å².